The molecule has 120 valence electrons. The molecule has 0 aliphatic carbocycles. The zero-order chi connectivity index (χ0) is 16.5. The van der Waals surface area contributed by atoms with E-state index in [0.717, 1.165) is 33.1 Å². The number of aromatic amines is 1. The lowest BCUT2D eigenvalue weighted by Gasteiger charge is -2.00. The van der Waals surface area contributed by atoms with Gasteiger partial charge in [0.25, 0.3) is 0 Å². The monoisotopic (exact) mass is 355 g/mol. The summed E-state index contributed by atoms with van der Waals surface area (Å²) in [5.74, 6) is 0.697. The van der Waals surface area contributed by atoms with Crippen LogP contribution in [0.2, 0.25) is 5.15 Å². The minimum Gasteiger partial charge on any atom is -0.345 e. The van der Waals surface area contributed by atoms with Crippen molar-refractivity contribution < 1.29 is 0 Å². The molecule has 1 aromatic carbocycles. The van der Waals surface area contributed by atoms with Crippen molar-refractivity contribution in [2.45, 2.75) is 13.3 Å². The lowest BCUT2D eigenvalue weighted by atomic mass is 10.2. The molecule has 0 radical (unpaired) electrons. The molecular weight excluding hydrogens is 342 g/mol. The Hall–Kier alpha value is -2.44. The molecule has 0 amide bonds. The molecule has 4 aromatic rings. The molecule has 0 spiro atoms. The van der Waals surface area contributed by atoms with Crippen molar-refractivity contribution in [3.05, 3.63) is 52.3 Å². The van der Waals surface area contributed by atoms with Crippen molar-refractivity contribution in [2.75, 3.05) is 5.43 Å². The second-order valence-electron chi connectivity index (χ2n) is 5.28. The van der Waals surface area contributed by atoms with E-state index in [4.69, 9.17) is 11.6 Å². The van der Waals surface area contributed by atoms with Crippen LogP contribution in [0, 0.1) is 0 Å². The van der Waals surface area contributed by atoms with Gasteiger partial charge in [-0.05, 0) is 18.6 Å². The quantitative estimate of drug-likeness (QED) is 0.407. The van der Waals surface area contributed by atoms with Gasteiger partial charge < -0.3 is 4.98 Å². The average molecular weight is 356 g/mol. The van der Waals surface area contributed by atoms with E-state index in [1.165, 1.54) is 4.88 Å². The normalized spacial score (nSPS) is 11.8. The molecule has 0 saturated heterocycles. The standard InChI is InChI=1S/C17H14ClN5S/c1-2-10-7-12-16(19-9-20-17(12)24-10)23-21-8-13-11-5-3-4-6-14(11)22-15(13)18/h3-9,22H,2H2,1H3,(H,19,20,23)/b21-8-. The summed E-state index contributed by atoms with van der Waals surface area (Å²) in [6.45, 7) is 2.13. The smallest absolute Gasteiger partial charge is 0.158 e. The summed E-state index contributed by atoms with van der Waals surface area (Å²) in [6.07, 6.45) is 4.24. The Labute approximate surface area is 147 Å². The Bertz CT molecular complexity index is 1050. The Morgan fingerprint density at radius 3 is 3.04 bits per heavy atom. The van der Waals surface area contributed by atoms with Gasteiger partial charge in [0.05, 0.1) is 11.6 Å². The topological polar surface area (TPSA) is 66.0 Å². The highest BCUT2D eigenvalue weighted by Gasteiger charge is 2.09. The van der Waals surface area contributed by atoms with Crippen molar-refractivity contribution in [1.29, 1.82) is 0 Å². The maximum atomic E-state index is 6.27. The third-order valence-corrected chi connectivity index (χ3v) is 5.28. The van der Waals surface area contributed by atoms with Gasteiger partial charge in [0.1, 0.15) is 16.3 Å². The van der Waals surface area contributed by atoms with Crippen molar-refractivity contribution >= 4 is 56.1 Å². The van der Waals surface area contributed by atoms with Gasteiger partial charge in [0.15, 0.2) is 5.82 Å². The molecule has 0 aliphatic heterocycles. The number of thiophene rings is 1. The number of nitrogens with one attached hydrogen (secondary N) is 2. The lowest BCUT2D eigenvalue weighted by molar-refractivity contribution is 1.18. The van der Waals surface area contributed by atoms with Crippen molar-refractivity contribution in [3.8, 4) is 0 Å². The van der Waals surface area contributed by atoms with Crippen molar-refractivity contribution in [1.82, 2.24) is 15.0 Å². The fourth-order valence-corrected chi connectivity index (χ4v) is 3.77. The maximum absolute atomic E-state index is 6.27. The van der Waals surface area contributed by atoms with Gasteiger partial charge in [-0.2, -0.15) is 5.10 Å². The molecule has 0 unspecified atom stereocenters. The highest BCUT2D eigenvalue weighted by molar-refractivity contribution is 7.18. The molecule has 3 aromatic heterocycles. The van der Waals surface area contributed by atoms with Crippen LogP contribution in [0.5, 0.6) is 0 Å². The Balaban J connectivity index is 1.66. The molecule has 0 fully saturated rings. The molecule has 0 saturated carbocycles. The Morgan fingerprint density at radius 1 is 1.29 bits per heavy atom. The number of hydrogen-bond donors (Lipinski definition) is 2. The molecule has 0 bridgehead atoms. The fraction of sp³-hybridized carbons (Fsp3) is 0.118. The van der Waals surface area contributed by atoms with E-state index in [1.807, 2.05) is 24.3 Å². The Kier molecular flexibility index (Phi) is 3.92. The van der Waals surface area contributed by atoms with Crippen LogP contribution in [0.3, 0.4) is 0 Å². The number of nitrogens with zero attached hydrogens (tertiary/aromatic N) is 3. The molecule has 0 aliphatic rings. The number of anilines is 1. The summed E-state index contributed by atoms with van der Waals surface area (Å²) in [4.78, 5) is 14.0. The molecule has 2 N–H and O–H groups in total. The molecule has 7 heteroatoms. The van der Waals surface area contributed by atoms with E-state index < -0.39 is 0 Å². The van der Waals surface area contributed by atoms with E-state index in [0.29, 0.717) is 11.0 Å². The summed E-state index contributed by atoms with van der Waals surface area (Å²) in [5.41, 5.74) is 4.84. The van der Waals surface area contributed by atoms with Gasteiger partial charge in [-0.3, -0.25) is 5.43 Å². The summed E-state index contributed by atoms with van der Waals surface area (Å²) < 4.78 is 0. The highest BCUT2D eigenvalue weighted by atomic mass is 35.5. The van der Waals surface area contributed by atoms with Crippen LogP contribution in [-0.2, 0) is 6.42 Å². The van der Waals surface area contributed by atoms with Crippen LogP contribution in [0.15, 0.2) is 41.8 Å². The summed E-state index contributed by atoms with van der Waals surface area (Å²) in [7, 11) is 0. The van der Waals surface area contributed by atoms with Gasteiger partial charge in [-0.1, -0.05) is 36.7 Å². The lowest BCUT2D eigenvalue weighted by Crippen LogP contribution is -1.94. The highest BCUT2D eigenvalue weighted by Crippen LogP contribution is 2.28. The van der Waals surface area contributed by atoms with Gasteiger partial charge in [0, 0.05) is 21.3 Å². The van der Waals surface area contributed by atoms with E-state index in [9.17, 15) is 0 Å². The zero-order valence-corrected chi connectivity index (χ0v) is 14.4. The number of aromatic nitrogens is 3. The number of benzene rings is 1. The van der Waals surface area contributed by atoms with Gasteiger partial charge in [-0.15, -0.1) is 11.3 Å². The third-order valence-electron chi connectivity index (χ3n) is 3.79. The maximum Gasteiger partial charge on any atom is 0.158 e. The van der Waals surface area contributed by atoms with Gasteiger partial charge in [-0.25, -0.2) is 9.97 Å². The second kappa shape index (κ2) is 6.22. The molecule has 24 heavy (non-hydrogen) atoms. The van der Waals surface area contributed by atoms with Gasteiger partial charge >= 0.3 is 0 Å². The first-order chi connectivity index (χ1) is 11.8. The van der Waals surface area contributed by atoms with Crippen LogP contribution < -0.4 is 5.43 Å². The first-order valence-corrected chi connectivity index (χ1v) is 8.74. The number of para-hydroxylation sites is 1. The number of hydrogen-bond acceptors (Lipinski definition) is 5. The fourth-order valence-electron chi connectivity index (χ4n) is 2.58. The largest absolute Gasteiger partial charge is 0.345 e. The number of rotatable bonds is 4. The number of aryl methyl sites for hydroxylation is 1. The summed E-state index contributed by atoms with van der Waals surface area (Å²) in [6, 6.07) is 10.0. The molecular formula is C17H14ClN5S. The van der Waals surface area contributed by atoms with Gasteiger partial charge in [0.2, 0.25) is 0 Å². The third kappa shape index (κ3) is 2.64. The van der Waals surface area contributed by atoms with Crippen LogP contribution in [0.4, 0.5) is 5.82 Å². The molecule has 4 rings (SSSR count). The van der Waals surface area contributed by atoms with Crippen molar-refractivity contribution in [3.63, 3.8) is 0 Å². The SMILES string of the molecule is CCc1cc2c(N/N=C\c3c(Cl)[nH]c4ccccc34)ncnc2s1. The van der Waals surface area contributed by atoms with E-state index in [1.54, 1.807) is 23.9 Å². The molecule has 0 atom stereocenters. The zero-order valence-electron chi connectivity index (χ0n) is 12.9. The predicted octanol–water partition coefficient (Wildman–Crippen LogP) is 4.83. The van der Waals surface area contributed by atoms with E-state index in [2.05, 4.69) is 38.5 Å². The van der Waals surface area contributed by atoms with E-state index >= 15 is 0 Å². The summed E-state index contributed by atoms with van der Waals surface area (Å²) >= 11 is 7.95. The second-order valence-corrected chi connectivity index (χ2v) is 6.77. The number of hydrazone groups is 1. The van der Waals surface area contributed by atoms with Crippen molar-refractivity contribution in [2.24, 2.45) is 5.10 Å². The number of H-pyrrole nitrogens is 1. The first kappa shape index (κ1) is 15.1. The van der Waals surface area contributed by atoms with Crippen LogP contribution in [-0.4, -0.2) is 21.2 Å². The number of fused-ring (bicyclic) bond motifs is 2. The van der Waals surface area contributed by atoms with Crippen LogP contribution >= 0.6 is 22.9 Å². The number of halogens is 1. The minimum absolute atomic E-state index is 0.568. The van der Waals surface area contributed by atoms with E-state index in [-0.39, 0.29) is 0 Å². The molecule has 5 nitrogen and oxygen atoms in total. The average Bonchev–Trinajstić information content (AvgIpc) is 3.16. The Morgan fingerprint density at radius 2 is 2.17 bits per heavy atom. The van der Waals surface area contributed by atoms with Crippen LogP contribution in [0.1, 0.15) is 17.4 Å². The molecule has 3 heterocycles. The first-order valence-electron chi connectivity index (χ1n) is 7.55. The predicted molar refractivity (Wildman–Crippen MR) is 101 cm³/mol. The van der Waals surface area contributed by atoms with Crippen LogP contribution in [0.25, 0.3) is 21.1 Å². The summed E-state index contributed by atoms with van der Waals surface area (Å²) in [5, 5.41) is 6.90. The minimum atomic E-state index is 0.568.